The third-order valence-electron chi connectivity index (χ3n) is 5.17. The van der Waals surface area contributed by atoms with Crippen LogP contribution in [0.1, 0.15) is 23.8 Å². The minimum absolute atomic E-state index is 0.0593. The summed E-state index contributed by atoms with van der Waals surface area (Å²) < 4.78 is 6.90. The number of carbonyl (C=O) groups is 1. The van der Waals surface area contributed by atoms with E-state index in [0.717, 1.165) is 35.0 Å². The number of hydrogen-bond donors (Lipinski definition) is 1. The Morgan fingerprint density at radius 2 is 2.29 bits per heavy atom. The Balaban J connectivity index is 1.64. The summed E-state index contributed by atoms with van der Waals surface area (Å²) in [5.41, 5.74) is 1.58. The van der Waals surface area contributed by atoms with E-state index in [1.54, 1.807) is 47.1 Å². The second-order valence-electron chi connectivity index (χ2n) is 7.23. The van der Waals surface area contributed by atoms with Crippen LogP contribution in [0.2, 0.25) is 5.02 Å². The number of fused-ring (bicyclic) bond motifs is 3. The monoisotopic (exact) mass is 475 g/mol. The highest BCUT2D eigenvalue weighted by molar-refractivity contribution is 8.00. The standard InChI is InChI=1S/C22H22ClN3O3S2/c1-4-10-26-21(28)18-14-6-5-7-17(14)31-20(18)25-22(26)30-12(2)19(27)24-15-11-13(23)8-9-16(15)29-3/h4,8-9,11-12H,1,5-7,10H2,2-3H3,(H,24,27)/t12-/m0/s1. The molecule has 0 aliphatic heterocycles. The average Bonchev–Trinajstić information content (AvgIpc) is 3.31. The van der Waals surface area contributed by atoms with Gasteiger partial charge in [-0.3, -0.25) is 14.2 Å². The Morgan fingerprint density at radius 3 is 3.03 bits per heavy atom. The number of methoxy groups -OCH3 is 1. The van der Waals surface area contributed by atoms with Crippen molar-refractivity contribution in [1.82, 2.24) is 9.55 Å². The van der Waals surface area contributed by atoms with Crippen molar-refractivity contribution in [2.75, 3.05) is 12.4 Å². The van der Waals surface area contributed by atoms with Crippen LogP contribution in [-0.4, -0.2) is 27.8 Å². The predicted octanol–water partition coefficient (Wildman–Crippen LogP) is 4.91. The molecule has 0 saturated carbocycles. The predicted molar refractivity (Wildman–Crippen MR) is 128 cm³/mol. The van der Waals surface area contributed by atoms with Crippen LogP contribution in [0, 0.1) is 0 Å². The molecule has 1 aliphatic carbocycles. The number of amides is 1. The third-order valence-corrected chi connectivity index (χ3v) is 7.68. The molecule has 9 heteroatoms. The maximum atomic E-state index is 13.3. The third kappa shape index (κ3) is 4.24. The maximum Gasteiger partial charge on any atom is 0.263 e. The van der Waals surface area contributed by atoms with Crippen LogP contribution in [0.25, 0.3) is 10.2 Å². The molecule has 0 bridgehead atoms. The zero-order chi connectivity index (χ0) is 22.1. The van der Waals surface area contributed by atoms with Gasteiger partial charge in [-0.25, -0.2) is 4.98 Å². The second kappa shape index (κ2) is 9.06. The molecule has 0 unspecified atom stereocenters. The smallest absolute Gasteiger partial charge is 0.263 e. The van der Waals surface area contributed by atoms with Crippen LogP contribution in [0.15, 0.2) is 40.8 Å². The van der Waals surface area contributed by atoms with Gasteiger partial charge in [0.15, 0.2) is 5.16 Å². The van der Waals surface area contributed by atoms with E-state index in [0.29, 0.717) is 28.2 Å². The van der Waals surface area contributed by atoms with Gasteiger partial charge in [0.25, 0.3) is 5.56 Å². The Bertz CT molecular complexity index is 1230. The number of anilines is 1. The van der Waals surface area contributed by atoms with E-state index in [9.17, 15) is 9.59 Å². The molecule has 0 spiro atoms. The fourth-order valence-corrected chi connectivity index (χ4v) is 6.05. The first-order valence-electron chi connectivity index (χ1n) is 9.90. The van der Waals surface area contributed by atoms with Crippen LogP contribution >= 0.6 is 34.7 Å². The normalized spacial score (nSPS) is 13.8. The number of rotatable bonds is 7. The Kier molecular flexibility index (Phi) is 6.41. The summed E-state index contributed by atoms with van der Waals surface area (Å²) in [6, 6.07) is 5.03. The summed E-state index contributed by atoms with van der Waals surface area (Å²) in [6.45, 7) is 5.89. The van der Waals surface area contributed by atoms with E-state index in [2.05, 4.69) is 11.9 Å². The Labute approximate surface area is 193 Å². The SMILES string of the molecule is C=CCn1c(S[C@@H](C)C(=O)Nc2cc(Cl)ccc2OC)nc2sc3c(c2c1=O)CCC3. The van der Waals surface area contributed by atoms with Crippen molar-refractivity contribution in [3.63, 3.8) is 0 Å². The number of benzene rings is 1. The lowest BCUT2D eigenvalue weighted by Crippen LogP contribution is -2.27. The maximum absolute atomic E-state index is 13.3. The molecule has 0 radical (unpaired) electrons. The minimum Gasteiger partial charge on any atom is -0.495 e. The first-order chi connectivity index (χ1) is 14.9. The molecular formula is C22H22ClN3O3S2. The van der Waals surface area contributed by atoms with Crippen molar-refractivity contribution in [3.8, 4) is 5.75 Å². The van der Waals surface area contributed by atoms with Crippen molar-refractivity contribution in [1.29, 1.82) is 0 Å². The van der Waals surface area contributed by atoms with Crippen LogP contribution in [0.3, 0.4) is 0 Å². The number of nitrogens with one attached hydrogen (secondary N) is 1. The van der Waals surface area contributed by atoms with Gasteiger partial charge in [-0.1, -0.05) is 29.4 Å². The van der Waals surface area contributed by atoms with E-state index in [1.165, 1.54) is 23.7 Å². The molecule has 4 rings (SSSR count). The summed E-state index contributed by atoms with van der Waals surface area (Å²) in [4.78, 5) is 32.9. The van der Waals surface area contributed by atoms with Crippen molar-refractivity contribution < 1.29 is 9.53 Å². The van der Waals surface area contributed by atoms with Gasteiger partial charge < -0.3 is 10.1 Å². The highest BCUT2D eigenvalue weighted by Crippen LogP contribution is 2.36. The molecule has 1 N–H and O–H groups in total. The van der Waals surface area contributed by atoms with Crippen LogP contribution < -0.4 is 15.6 Å². The number of aromatic nitrogens is 2. The molecule has 1 aliphatic rings. The molecule has 162 valence electrons. The fraction of sp³-hybridized carbons (Fsp3) is 0.318. The number of nitrogens with zero attached hydrogens (tertiary/aromatic N) is 2. The summed E-state index contributed by atoms with van der Waals surface area (Å²) in [5, 5.41) is 4.08. The molecule has 6 nitrogen and oxygen atoms in total. The van der Waals surface area contributed by atoms with Crippen molar-refractivity contribution >= 4 is 56.5 Å². The molecule has 1 amide bonds. The summed E-state index contributed by atoms with van der Waals surface area (Å²) in [6.07, 6.45) is 4.68. The number of ether oxygens (including phenoxy) is 1. The van der Waals surface area contributed by atoms with Gasteiger partial charge in [-0.15, -0.1) is 17.9 Å². The molecular weight excluding hydrogens is 454 g/mol. The second-order valence-corrected chi connectivity index (χ2v) is 10.1. The van der Waals surface area contributed by atoms with Crippen molar-refractivity contribution in [2.45, 2.75) is 43.1 Å². The Morgan fingerprint density at radius 1 is 1.48 bits per heavy atom. The number of halogens is 1. The fourth-order valence-electron chi connectivity index (χ4n) is 3.66. The first-order valence-corrected chi connectivity index (χ1v) is 12.0. The summed E-state index contributed by atoms with van der Waals surface area (Å²) in [5.74, 6) is 0.282. The Hall–Kier alpha value is -2.29. The average molecular weight is 476 g/mol. The van der Waals surface area contributed by atoms with E-state index >= 15 is 0 Å². The molecule has 31 heavy (non-hydrogen) atoms. The van der Waals surface area contributed by atoms with Gasteiger partial charge in [0.1, 0.15) is 10.6 Å². The van der Waals surface area contributed by atoms with Crippen molar-refractivity contribution in [3.05, 3.63) is 56.7 Å². The quantitative estimate of drug-likeness (QED) is 0.298. The number of carbonyl (C=O) groups excluding carboxylic acids is 1. The number of aryl methyl sites for hydroxylation is 2. The minimum atomic E-state index is -0.504. The highest BCUT2D eigenvalue weighted by Gasteiger charge is 2.25. The highest BCUT2D eigenvalue weighted by atomic mass is 35.5. The number of thiophene rings is 1. The van der Waals surface area contributed by atoms with Gasteiger partial charge in [0.2, 0.25) is 5.91 Å². The number of thioether (sulfide) groups is 1. The molecule has 1 atom stereocenters. The van der Waals surface area contributed by atoms with E-state index in [4.69, 9.17) is 21.3 Å². The van der Waals surface area contributed by atoms with Gasteiger partial charge >= 0.3 is 0 Å². The summed E-state index contributed by atoms with van der Waals surface area (Å²) >= 11 is 8.90. The van der Waals surface area contributed by atoms with E-state index < -0.39 is 5.25 Å². The molecule has 2 heterocycles. The topological polar surface area (TPSA) is 73.2 Å². The molecule has 1 aromatic carbocycles. The lowest BCUT2D eigenvalue weighted by molar-refractivity contribution is -0.115. The van der Waals surface area contributed by atoms with Crippen LogP contribution in [0.4, 0.5) is 5.69 Å². The van der Waals surface area contributed by atoms with E-state index in [1.807, 2.05) is 0 Å². The van der Waals surface area contributed by atoms with Crippen LogP contribution in [-0.2, 0) is 24.2 Å². The van der Waals surface area contributed by atoms with Gasteiger partial charge in [-0.05, 0) is 49.9 Å². The van der Waals surface area contributed by atoms with Gasteiger partial charge in [0, 0.05) is 16.4 Å². The molecule has 2 aromatic heterocycles. The lowest BCUT2D eigenvalue weighted by Gasteiger charge is -2.16. The zero-order valence-electron chi connectivity index (χ0n) is 17.2. The van der Waals surface area contributed by atoms with E-state index in [-0.39, 0.29) is 11.5 Å². The lowest BCUT2D eigenvalue weighted by atomic mass is 10.2. The molecule has 0 fully saturated rings. The summed E-state index contributed by atoms with van der Waals surface area (Å²) in [7, 11) is 1.53. The molecule has 0 saturated heterocycles. The van der Waals surface area contributed by atoms with Crippen LogP contribution in [0.5, 0.6) is 5.75 Å². The number of allylic oxidation sites excluding steroid dienone is 1. The molecule has 3 aromatic rings. The van der Waals surface area contributed by atoms with Gasteiger partial charge in [-0.2, -0.15) is 0 Å². The first kappa shape index (κ1) is 21.9. The van der Waals surface area contributed by atoms with Gasteiger partial charge in [0.05, 0.1) is 23.4 Å². The largest absolute Gasteiger partial charge is 0.495 e. The van der Waals surface area contributed by atoms with Crippen molar-refractivity contribution in [2.24, 2.45) is 0 Å². The zero-order valence-corrected chi connectivity index (χ0v) is 19.6. The number of hydrogen-bond acceptors (Lipinski definition) is 6.